The Hall–Kier alpha value is -0.340. The fourth-order valence-corrected chi connectivity index (χ4v) is 3.40. The molecule has 1 fully saturated rings. The summed E-state index contributed by atoms with van der Waals surface area (Å²) in [5.74, 6) is 0.961. The topological polar surface area (TPSA) is 12.0 Å². The van der Waals surface area contributed by atoms with Crippen LogP contribution in [0.4, 0.5) is 0 Å². The van der Waals surface area contributed by atoms with Gasteiger partial charge in [-0.3, -0.25) is 0 Å². The monoisotopic (exact) mass is 223 g/mol. The van der Waals surface area contributed by atoms with Gasteiger partial charge in [0.1, 0.15) is 0 Å². The summed E-state index contributed by atoms with van der Waals surface area (Å²) in [6.07, 6.45) is 7.11. The van der Waals surface area contributed by atoms with Gasteiger partial charge in [-0.05, 0) is 43.3 Å². The summed E-state index contributed by atoms with van der Waals surface area (Å²) < 4.78 is 0. The zero-order valence-electron chi connectivity index (χ0n) is 9.75. The van der Waals surface area contributed by atoms with Crippen molar-refractivity contribution in [3.8, 4) is 0 Å². The van der Waals surface area contributed by atoms with Crippen molar-refractivity contribution >= 4 is 11.3 Å². The van der Waals surface area contributed by atoms with Gasteiger partial charge in [0, 0.05) is 10.9 Å². The van der Waals surface area contributed by atoms with Crippen molar-refractivity contribution in [3.63, 3.8) is 0 Å². The maximum absolute atomic E-state index is 3.47. The second kappa shape index (κ2) is 5.13. The second-order valence-electron chi connectivity index (χ2n) is 4.72. The number of thiophene rings is 1. The van der Waals surface area contributed by atoms with Gasteiger partial charge >= 0.3 is 0 Å². The van der Waals surface area contributed by atoms with Crippen LogP contribution in [-0.2, 0) is 0 Å². The first-order valence-corrected chi connectivity index (χ1v) is 6.90. The quantitative estimate of drug-likeness (QED) is 0.816. The minimum atomic E-state index is 0.582. The molecule has 1 unspecified atom stereocenters. The molecule has 1 saturated carbocycles. The van der Waals surface area contributed by atoms with Crippen LogP contribution in [0.15, 0.2) is 11.4 Å². The maximum atomic E-state index is 3.47. The van der Waals surface area contributed by atoms with Crippen LogP contribution in [0.3, 0.4) is 0 Å². The Kier molecular flexibility index (Phi) is 3.81. The molecule has 1 aliphatic carbocycles. The SMILES string of the molecule is CNC(CC1CCCC1)c1csc(C)c1. The third kappa shape index (κ3) is 2.82. The van der Waals surface area contributed by atoms with E-state index in [2.05, 4.69) is 30.7 Å². The molecule has 1 aliphatic rings. The van der Waals surface area contributed by atoms with Crippen LogP contribution in [0.1, 0.15) is 48.6 Å². The van der Waals surface area contributed by atoms with Gasteiger partial charge in [-0.25, -0.2) is 0 Å². The molecule has 1 atom stereocenters. The molecule has 1 aromatic rings. The lowest BCUT2D eigenvalue weighted by Gasteiger charge is -2.19. The van der Waals surface area contributed by atoms with E-state index in [1.165, 1.54) is 42.5 Å². The van der Waals surface area contributed by atoms with E-state index >= 15 is 0 Å². The van der Waals surface area contributed by atoms with E-state index in [0.717, 1.165) is 5.92 Å². The summed E-state index contributed by atoms with van der Waals surface area (Å²) in [5.41, 5.74) is 1.49. The Morgan fingerprint density at radius 2 is 2.20 bits per heavy atom. The van der Waals surface area contributed by atoms with Crippen LogP contribution >= 0.6 is 11.3 Å². The van der Waals surface area contributed by atoms with Crippen LogP contribution in [0.5, 0.6) is 0 Å². The lowest BCUT2D eigenvalue weighted by Crippen LogP contribution is -2.18. The fourth-order valence-electron chi connectivity index (χ4n) is 2.65. The molecule has 1 heterocycles. The average Bonchev–Trinajstić information content (AvgIpc) is 2.85. The predicted molar refractivity (Wildman–Crippen MR) is 67.4 cm³/mol. The number of nitrogens with one attached hydrogen (secondary N) is 1. The standard InChI is InChI=1S/C13H21NS/c1-10-7-12(9-15-10)13(14-2)8-11-5-3-4-6-11/h7,9,11,13-14H,3-6,8H2,1-2H3. The highest BCUT2D eigenvalue weighted by Crippen LogP contribution is 2.33. The molecule has 84 valence electrons. The molecule has 0 spiro atoms. The predicted octanol–water partition coefficient (Wildman–Crippen LogP) is 3.90. The Balaban J connectivity index is 1.97. The Bertz CT molecular complexity index is 299. The van der Waals surface area contributed by atoms with Gasteiger partial charge in [0.05, 0.1) is 0 Å². The molecule has 2 heteroatoms. The molecule has 0 bridgehead atoms. The van der Waals surface area contributed by atoms with Gasteiger partial charge in [0.25, 0.3) is 0 Å². The van der Waals surface area contributed by atoms with E-state index in [1.54, 1.807) is 0 Å². The molecule has 1 N–H and O–H groups in total. The number of aryl methyl sites for hydroxylation is 1. The highest BCUT2D eigenvalue weighted by molar-refractivity contribution is 7.10. The minimum absolute atomic E-state index is 0.582. The van der Waals surface area contributed by atoms with Crippen molar-refractivity contribution in [2.75, 3.05) is 7.05 Å². The first-order chi connectivity index (χ1) is 7.29. The third-order valence-electron chi connectivity index (χ3n) is 3.55. The van der Waals surface area contributed by atoms with E-state index in [0.29, 0.717) is 6.04 Å². The van der Waals surface area contributed by atoms with E-state index < -0.39 is 0 Å². The molecule has 1 nitrogen and oxygen atoms in total. The molecular weight excluding hydrogens is 202 g/mol. The third-order valence-corrected chi connectivity index (χ3v) is 4.43. The van der Waals surface area contributed by atoms with Gasteiger partial charge in [-0.15, -0.1) is 11.3 Å². The number of rotatable bonds is 4. The van der Waals surface area contributed by atoms with Crippen molar-refractivity contribution in [1.82, 2.24) is 5.32 Å². The number of hydrogen-bond donors (Lipinski definition) is 1. The van der Waals surface area contributed by atoms with Gasteiger partial charge in [0.15, 0.2) is 0 Å². The highest BCUT2D eigenvalue weighted by Gasteiger charge is 2.20. The summed E-state index contributed by atoms with van der Waals surface area (Å²) in [7, 11) is 2.09. The van der Waals surface area contributed by atoms with Crippen LogP contribution in [0.25, 0.3) is 0 Å². The zero-order chi connectivity index (χ0) is 10.7. The van der Waals surface area contributed by atoms with Crippen LogP contribution in [-0.4, -0.2) is 7.05 Å². The minimum Gasteiger partial charge on any atom is -0.313 e. The molecule has 0 aliphatic heterocycles. The van der Waals surface area contributed by atoms with Gasteiger partial charge in [0.2, 0.25) is 0 Å². The molecule has 0 radical (unpaired) electrons. The average molecular weight is 223 g/mol. The van der Waals surface area contributed by atoms with E-state index in [1.807, 2.05) is 11.3 Å². The Morgan fingerprint density at radius 1 is 1.47 bits per heavy atom. The number of hydrogen-bond acceptors (Lipinski definition) is 2. The Labute approximate surface area is 96.9 Å². The summed E-state index contributed by atoms with van der Waals surface area (Å²) >= 11 is 1.87. The summed E-state index contributed by atoms with van der Waals surface area (Å²) in [6, 6.07) is 2.92. The lowest BCUT2D eigenvalue weighted by molar-refractivity contribution is 0.414. The summed E-state index contributed by atoms with van der Waals surface area (Å²) in [4.78, 5) is 1.43. The molecule has 0 amide bonds. The van der Waals surface area contributed by atoms with Gasteiger partial charge in [-0.1, -0.05) is 25.7 Å². The van der Waals surface area contributed by atoms with Crippen molar-refractivity contribution in [3.05, 3.63) is 21.9 Å². The van der Waals surface area contributed by atoms with Crippen LogP contribution < -0.4 is 5.32 Å². The smallest absolute Gasteiger partial charge is 0.0328 e. The molecule has 0 aromatic carbocycles. The molecule has 15 heavy (non-hydrogen) atoms. The summed E-state index contributed by atoms with van der Waals surface area (Å²) in [6.45, 7) is 2.19. The molecule has 0 saturated heterocycles. The zero-order valence-corrected chi connectivity index (χ0v) is 10.6. The van der Waals surface area contributed by atoms with Crippen LogP contribution in [0, 0.1) is 12.8 Å². The summed E-state index contributed by atoms with van der Waals surface area (Å²) in [5, 5.41) is 5.78. The van der Waals surface area contributed by atoms with Crippen molar-refractivity contribution in [1.29, 1.82) is 0 Å². The van der Waals surface area contributed by atoms with Gasteiger partial charge in [-0.2, -0.15) is 0 Å². The van der Waals surface area contributed by atoms with Crippen molar-refractivity contribution < 1.29 is 0 Å². The maximum Gasteiger partial charge on any atom is 0.0328 e. The van der Waals surface area contributed by atoms with E-state index in [-0.39, 0.29) is 0 Å². The molecule has 1 aromatic heterocycles. The Morgan fingerprint density at radius 3 is 2.73 bits per heavy atom. The first-order valence-electron chi connectivity index (χ1n) is 6.02. The second-order valence-corrected chi connectivity index (χ2v) is 5.83. The lowest BCUT2D eigenvalue weighted by atomic mass is 9.95. The largest absolute Gasteiger partial charge is 0.313 e. The van der Waals surface area contributed by atoms with Gasteiger partial charge < -0.3 is 5.32 Å². The molecule has 2 rings (SSSR count). The van der Waals surface area contributed by atoms with Crippen molar-refractivity contribution in [2.45, 2.75) is 45.1 Å². The molecular formula is C13H21NS. The van der Waals surface area contributed by atoms with E-state index in [4.69, 9.17) is 0 Å². The first kappa shape index (κ1) is 11.2. The highest BCUT2D eigenvalue weighted by atomic mass is 32.1. The van der Waals surface area contributed by atoms with Crippen molar-refractivity contribution in [2.24, 2.45) is 5.92 Å². The normalized spacial score (nSPS) is 19.6. The fraction of sp³-hybridized carbons (Fsp3) is 0.692. The van der Waals surface area contributed by atoms with E-state index in [9.17, 15) is 0 Å². The van der Waals surface area contributed by atoms with Crippen LogP contribution in [0.2, 0.25) is 0 Å².